The fraction of sp³-hybridized carbons (Fsp3) is 0.0769. The smallest absolute Gasteiger partial charge is 0.190 e. The molecule has 0 amide bonds. The standard InChI is InChI=1S/C52H41N3/c1-52(31-15-20-40(35-52)36-16-4-2-5-17-36)46-34-51(54-48-27-12-9-25-44(46)48)55-49-28-13-10-24-43(49)45-33-38(29-30-50(45)55)37-18-14-19-39(32-37)42-23-8-11-26-47(42)53-41-21-6-3-7-22-41/h2-34,51,53-54H,35H2,1H3/p+1. The first-order chi connectivity index (χ1) is 27.1. The number of hydrogen-bond donors (Lipinski definition) is 2. The SMILES string of the molecule is CC1(C2=CC(n3c4ccccc4c4cc(-c5cccc(-c6ccccc6Nc6ccccc6)c5)ccc43)[NH2+]c3ccccc32)C=CC=C(c2ccccc2)C1. The van der Waals surface area contributed by atoms with Gasteiger partial charge in [-0.15, -0.1) is 0 Å². The van der Waals surface area contributed by atoms with Crippen LogP contribution in [0.15, 0.2) is 200 Å². The first-order valence-corrected chi connectivity index (χ1v) is 19.3. The first-order valence-electron chi connectivity index (χ1n) is 19.3. The summed E-state index contributed by atoms with van der Waals surface area (Å²) in [6.45, 7) is 2.41. The number of fused-ring (bicyclic) bond motifs is 4. The normalized spacial score (nSPS) is 17.8. The number of aromatic nitrogens is 1. The zero-order valence-electron chi connectivity index (χ0n) is 30.9. The molecule has 0 saturated heterocycles. The average Bonchev–Trinajstić information content (AvgIpc) is 3.58. The summed E-state index contributed by atoms with van der Waals surface area (Å²) in [5.41, 5.74) is 15.9. The van der Waals surface area contributed by atoms with Gasteiger partial charge in [0, 0.05) is 44.8 Å². The number of quaternary nitrogens is 1. The van der Waals surface area contributed by atoms with Gasteiger partial charge in [0.05, 0.1) is 11.0 Å². The summed E-state index contributed by atoms with van der Waals surface area (Å²) in [6.07, 6.45) is 10.5. The monoisotopic (exact) mass is 708 g/mol. The highest BCUT2D eigenvalue weighted by Crippen LogP contribution is 2.49. The highest BCUT2D eigenvalue weighted by Gasteiger charge is 2.37. The van der Waals surface area contributed by atoms with Crippen molar-refractivity contribution in [2.45, 2.75) is 19.5 Å². The molecule has 1 aliphatic carbocycles. The van der Waals surface area contributed by atoms with Gasteiger partial charge in [0.1, 0.15) is 5.69 Å². The maximum absolute atomic E-state index is 3.63. The number of allylic oxidation sites excluding steroid dienone is 5. The molecule has 0 radical (unpaired) electrons. The molecule has 55 heavy (non-hydrogen) atoms. The van der Waals surface area contributed by atoms with Crippen LogP contribution in [0, 0.1) is 5.41 Å². The molecular weight excluding hydrogens is 667 g/mol. The molecular formula is C52H42N3+. The molecule has 3 heteroatoms. The van der Waals surface area contributed by atoms with Crippen LogP contribution in [0.3, 0.4) is 0 Å². The summed E-state index contributed by atoms with van der Waals surface area (Å²) < 4.78 is 2.55. The minimum Gasteiger partial charge on any atom is -0.355 e. The Morgan fingerprint density at radius 2 is 1.25 bits per heavy atom. The number of rotatable bonds is 7. The Morgan fingerprint density at radius 1 is 0.582 bits per heavy atom. The fourth-order valence-electron chi connectivity index (χ4n) is 8.84. The van der Waals surface area contributed by atoms with Crippen LogP contribution in [-0.2, 0) is 0 Å². The van der Waals surface area contributed by atoms with E-state index in [0.29, 0.717) is 0 Å². The second kappa shape index (κ2) is 13.6. The van der Waals surface area contributed by atoms with Crippen LogP contribution in [0.1, 0.15) is 30.6 Å². The third kappa shape index (κ3) is 6.00. The highest BCUT2D eigenvalue weighted by molar-refractivity contribution is 6.09. The van der Waals surface area contributed by atoms with E-state index in [9.17, 15) is 0 Å². The summed E-state index contributed by atoms with van der Waals surface area (Å²) in [5.74, 6) is 0. The van der Waals surface area contributed by atoms with Crippen LogP contribution in [0.25, 0.3) is 55.2 Å². The van der Waals surface area contributed by atoms with Gasteiger partial charge < -0.3 is 5.32 Å². The summed E-state index contributed by atoms with van der Waals surface area (Å²) in [4.78, 5) is 0. The lowest BCUT2D eigenvalue weighted by Crippen LogP contribution is -2.81. The molecule has 0 spiro atoms. The van der Waals surface area contributed by atoms with Crippen LogP contribution < -0.4 is 10.6 Å². The molecule has 2 aliphatic rings. The van der Waals surface area contributed by atoms with Gasteiger partial charge in [0.15, 0.2) is 6.17 Å². The van der Waals surface area contributed by atoms with Crippen molar-refractivity contribution in [3.63, 3.8) is 0 Å². The van der Waals surface area contributed by atoms with E-state index in [2.05, 4.69) is 216 Å². The second-order valence-electron chi connectivity index (χ2n) is 15.1. The highest BCUT2D eigenvalue weighted by atomic mass is 15.2. The molecule has 1 aromatic heterocycles. The van der Waals surface area contributed by atoms with E-state index < -0.39 is 0 Å². The number of nitrogens with zero attached hydrogens (tertiary/aromatic N) is 1. The van der Waals surface area contributed by atoms with Gasteiger partial charge in [-0.3, -0.25) is 9.88 Å². The third-order valence-electron chi connectivity index (χ3n) is 11.5. The van der Waals surface area contributed by atoms with Gasteiger partial charge in [0.2, 0.25) is 0 Å². The van der Waals surface area contributed by atoms with Crippen LogP contribution in [0.4, 0.5) is 17.1 Å². The number of anilines is 2. The van der Waals surface area contributed by atoms with E-state index in [1.807, 2.05) is 6.07 Å². The lowest BCUT2D eigenvalue weighted by atomic mass is 9.69. The van der Waals surface area contributed by atoms with Crippen molar-refractivity contribution in [2.75, 3.05) is 5.32 Å². The minimum atomic E-state index is -0.158. The largest absolute Gasteiger partial charge is 0.355 e. The Labute approximate surface area is 322 Å². The molecule has 2 unspecified atom stereocenters. The Kier molecular flexibility index (Phi) is 8.16. The summed E-state index contributed by atoms with van der Waals surface area (Å²) >= 11 is 0. The molecule has 8 aromatic rings. The number of benzene rings is 7. The number of para-hydroxylation sites is 4. The summed E-state index contributed by atoms with van der Waals surface area (Å²) in [5, 5.41) is 8.62. The summed E-state index contributed by atoms with van der Waals surface area (Å²) in [7, 11) is 0. The Hall–Kier alpha value is -6.68. The average molecular weight is 709 g/mol. The molecule has 264 valence electrons. The number of nitrogens with two attached hydrogens (primary N) is 1. The molecule has 0 bridgehead atoms. The lowest BCUT2D eigenvalue weighted by Gasteiger charge is -2.36. The van der Waals surface area contributed by atoms with Crippen molar-refractivity contribution in [1.29, 1.82) is 0 Å². The van der Waals surface area contributed by atoms with Crippen LogP contribution in [0.2, 0.25) is 0 Å². The van der Waals surface area contributed by atoms with Crippen molar-refractivity contribution in [3.8, 4) is 22.3 Å². The number of nitrogens with one attached hydrogen (secondary N) is 1. The van der Waals surface area contributed by atoms with E-state index >= 15 is 0 Å². The predicted molar refractivity (Wildman–Crippen MR) is 231 cm³/mol. The van der Waals surface area contributed by atoms with E-state index in [4.69, 9.17) is 0 Å². The van der Waals surface area contributed by atoms with Crippen molar-refractivity contribution < 1.29 is 5.32 Å². The zero-order chi connectivity index (χ0) is 36.8. The maximum atomic E-state index is 3.63. The summed E-state index contributed by atoms with van der Waals surface area (Å²) in [6, 6.07) is 63.6. The third-order valence-corrected chi connectivity index (χ3v) is 11.5. The molecule has 3 N–H and O–H groups in total. The van der Waals surface area contributed by atoms with Gasteiger partial charge in [-0.25, -0.2) is 0 Å². The fourth-order valence-corrected chi connectivity index (χ4v) is 8.84. The van der Waals surface area contributed by atoms with Crippen LogP contribution >= 0.6 is 0 Å². The Morgan fingerprint density at radius 3 is 2.13 bits per heavy atom. The van der Waals surface area contributed by atoms with Crippen molar-refractivity contribution in [3.05, 3.63) is 211 Å². The van der Waals surface area contributed by atoms with Gasteiger partial charge >= 0.3 is 0 Å². The quantitative estimate of drug-likeness (QED) is 0.159. The van der Waals surface area contributed by atoms with Crippen molar-refractivity contribution in [2.24, 2.45) is 5.41 Å². The lowest BCUT2D eigenvalue weighted by molar-refractivity contribution is -0.622. The molecule has 1 aliphatic heterocycles. The van der Waals surface area contributed by atoms with Gasteiger partial charge in [0.25, 0.3) is 0 Å². The first kappa shape index (κ1) is 32.9. The van der Waals surface area contributed by atoms with Crippen LogP contribution in [0.5, 0.6) is 0 Å². The molecule has 10 rings (SSSR count). The molecule has 2 heterocycles. The van der Waals surface area contributed by atoms with E-state index in [1.54, 1.807) is 0 Å². The van der Waals surface area contributed by atoms with Gasteiger partial charge in [-0.2, -0.15) is 0 Å². The van der Waals surface area contributed by atoms with E-state index in [0.717, 1.165) is 17.8 Å². The van der Waals surface area contributed by atoms with Crippen molar-refractivity contribution >= 4 is 50.0 Å². The second-order valence-corrected chi connectivity index (χ2v) is 15.1. The minimum absolute atomic E-state index is 0.0476. The van der Waals surface area contributed by atoms with Gasteiger partial charge in [-0.1, -0.05) is 146 Å². The van der Waals surface area contributed by atoms with Gasteiger partial charge in [-0.05, 0) is 94.4 Å². The molecule has 7 aromatic carbocycles. The Balaban J connectivity index is 1.06. The predicted octanol–water partition coefficient (Wildman–Crippen LogP) is 12.7. The Bertz CT molecular complexity index is 2800. The zero-order valence-corrected chi connectivity index (χ0v) is 30.9. The topological polar surface area (TPSA) is 33.6 Å². The maximum Gasteiger partial charge on any atom is 0.190 e. The number of hydrogen-bond acceptors (Lipinski definition) is 1. The van der Waals surface area contributed by atoms with E-state index in [-0.39, 0.29) is 11.6 Å². The van der Waals surface area contributed by atoms with Crippen molar-refractivity contribution in [1.82, 2.24) is 4.57 Å². The van der Waals surface area contributed by atoms with E-state index in [1.165, 1.54) is 72.0 Å². The molecule has 2 atom stereocenters. The molecule has 3 nitrogen and oxygen atoms in total. The molecule has 0 fully saturated rings. The molecule has 0 saturated carbocycles. The van der Waals surface area contributed by atoms with Crippen LogP contribution in [-0.4, -0.2) is 4.57 Å².